The van der Waals surface area contributed by atoms with Crippen LogP contribution in [-0.2, 0) is 11.3 Å². The van der Waals surface area contributed by atoms with Crippen molar-refractivity contribution < 1.29 is 4.79 Å². The molecule has 6 heteroatoms. The SMILES string of the molecule is CN(Cc1nc2ccccc2s1)C(=O)C=Cc1cnn(-c2ccccc2)c1. The summed E-state index contributed by atoms with van der Waals surface area (Å²) in [6, 6.07) is 17.9. The third-order valence-corrected chi connectivity index (χ3v) is 5.15. The van der Waals surface area contributed by atoms with Gasteiger partial charge in [0, 0.05) is 24.9 Å². The molecule has 0 atom stereocenters. The molecule has 0 saturated carbocycles. The molecule has 1 amide bonds. The summed E-state index contributed by atoms with van der Waals surface area (Å²) in [5.74, 6) is -0.0679. The quantitative estimate of drug-likeness (QED) is 0.493. The highest BCUT2D eigenvalue weighted by atomic mass is 32.1. The zero-order chi connectivity index (χ0) is 18.6. The van der Waals surface area contributed by atoms with Crippen molar-refractivity contribution in [2.75, 3.05) is 7.05 Å². The van der Waals surface area contributed by atoms with E-state index in [4.69, 9.17) is 0 Å². The molecule has 134 valence electrons. The van der Waals surface area contributed by atoms with Crippen molar-refractivity contribution in [3.63, 3.8) is 0 Å². The van der Waals surface area contributed by atoms with Crippen molar-refractivity contribution in [1.82, 2.24) is 19.7 Å². The van der Waals surface area contributed by atoms with E-state index in [2.05, 4.69) is 10.1 Å². The highest BCUT2D eigenvalue weighted by Gasteiger charge is 2.10. The Labute approximate surface area is 161 Å². The molecule has 0 saturated heterocycles. The van der Waals surface area contributed by atoms with Crippen molar-refractivity contribution in [3.8, 4) is 5.69 Å². The molecule has 0 N–H and O–H groups in total. The average molecular weight is 374 g/mol. The lowest BCUT2D eigenvalue weighted by atomic mass is 10.3. The number of aromatic nitrogens is 3. The van der Waals surface area contributed by atoms with E-state index in [0.717, 1.165) is 26.5 Å². The van der Waals surface area contributed by atoms with Gasteiger partial charge in [-0.1, -0.05) is 30.3 Å². The van der Waals surface area contributed by atoms with Crippen LogP contribution >= 0.6 is 11.3 Å². The lowest BCUT2D eigenvalue weighted by Crippen LogP contribution is -2.23. The number of rotatable bonds is 5. The van der Waals surface area contributed by atoms with Crippen LogP contribution in [0.5, 0.6) is 0 Å². The van der Waals surface area contributed by atoms with E-state index in [0.29, 0.717) is 6.54 Å². The summed E-state index contributed by atoms with van der Waals surface area (Å²) >= 11 is 1.62. The fourth-order valence-electron chi connectivity index (χ4n) is 2.71. The Balaban J connectivity index is 1.41. The predicted octanol–water partition coefficient (Wildman–Crippen LogP) is 4.15. The molecule has 27 heavy (non-hydrogen) atoms. The Bertz CT molecular complexity index is 1060. The van der Waals surface area contributed by atoms with Crippen LogP contribution in [0, 0.1) is 0 Å². The molecule has 0 fully saturated rings. The van der Waals surface area contributed by atoms with Crippen LogP contribution in [0.25, 0.3) is 22.0 Å². The van der Waals surface area contributed by atoms with E-state index < -0.39 is 0 Å². The Morgan fingerprint density at radius 1 is 1.15 bits per heavy atom. The van der Waals surface area contributed by atoms with Crippen LogP contribution in [0.15, 0.2) is 73.1 Å². The van der Waals surface area contributed by atoms with Crippen LogP contribution in [0.4, 0.5) is 0 Å². The minimum Gasteiger partial charge on any atom is -0.335 e. The summed E-state index contributed by atoms with van der Waals surface area (Å²) in [5, 5.41) is 5.26. The first-order chi connectivity index (χ1) is 13.2. The molecule has 4 rings (SSSR count). The van der Waals surface area contributed by atoms with Crippen LogP contribution in [0.2, 0.25) is 0 Å². The second-order valence-corrected chi connectivity index (χ2v) is 7.27. The zero-order valence-electron chi connectivity index (χ0n) is 14.8. The number of likely N-dealkylation sites (N-methyl/N-ethyl adjacent to an activating group) is 1. The standard InChI is InChI=1S/C21H18N4OS/c1-24(15-20-23-18-9-5-6-10-19(18)27-20)21(26)12-11-16-13-22-25(14-16)17-7-3-2-4-8-17/h2-14H,15H2,1H3. The first-order valence-corrected chi connectivity index (χ1v) is 9.38. The zero-order valence-corrected chi connectivity index (χ0v) is 15.6. The molecule has 0 aliphatic carbocycles. The molecule has 2 aromatic heterocycles. The predicted molar refractivity (Wildman–Crippen MR) is 109 cm³/mol. The second-order valence-electron chi connectivity index (χ2n) is 6.16. The number of fused-ring (bicyclic) bond motifs is 1. The summed E-state index contributed by atoms with van der Waals surface area (Å²) in [5.41, 5.74) is 2.83. The van der Waals surface area contributed by atoms with Crippen LogP contribution in [0.1, 0.15) is 10.6 Å². The van der Waals surface area contributed by atoms with Gasteiger partial charge in [-0.15, -0.1) is 11.3 Å². The van der Waals surface area contributed by atoms with E-state index >= 15 is 0 Å². The highest BCUT2D eigenvalue weighted by molar-refractivity contribution is 7.18. The van der Waals surface area contributed by atoms with Gasteiger partial charge in [0.25, 0.3) is 0 Å². The molecular weight excluding hydrogens is 356 g/mol. The highest BCUT2D eigenvalue weighted by Crippen LogP contribution is 2.22. The van der Waals surface area contributed by atoms with Gasteiger partial charge < -0.3 is 4.90 Å². The second kappa shape index (κ2) is 7.55. The topological polar surface area (TPSA) is 51.0 Å². The number of benzene rings is 2. The molecule has 0 radical (unpaired) electrons. The molecule has 0 unspecified atom stereocenters. The van der Waals surface area contributed by atoms with E-state index in [-0.39, 0.29) is 5.91 Å². The van der Waals surface area contributed by atoms with Crippen molar-refractivity contribution in [2.24, 2.45) is 0 Å². The number of thiazole rings is 1. The van der Waals surface area contributed by atoms with Gasteiger partial charge in [0.05, 0.1) is 28.6 Å². The smallest absolute Gasteiger partial charge is 0.246 e. The minimum absolute atomic E-state index is 0.0679. The van der Waals surface area contributed by atoms with Crippen LogP contribution < -0.4 is 0 Å². The average Bonchev–Trinajstić information content (AvgIpc) is 3.33. The van der Waals surface area contributed by atoms with Gasteiger partial charge in [-0.2, -0.15) is 5.10 Å². The van der Waals surface area contributed by atoms with Crippen molar-refractivity contribution in [2.45, 2.75) is 6.54 Å². The summed E-state index contributed by atoms with van der Waals surface area (Å²) in [4.78, 5) is 18.6. The third-order valence-electron chi connectivity index (χ3n) is 4.13. The fraction of sp³-hybridized carbons (Fsp3) is 0.0952. The Hall–Kier alpha value is -3.25. The fourth-order valence-corrected chi connectivity index (χ4v) is 3.73. The van der Waals surface area contributed by atoms with Gasteiger partial charge in [-0.05, 0) is 30.3 Å². The van der Waals surface area contributed by atoms with Crippen LogP contribution in [0.3, 0.4) is 0 Å². The monoisotopic (exact) mass is 374 g/mol. The number of carbonyl (C=O) groups excluding carboxylic acids is 1. The molecular formula is C21H18N4OS. The molecule has 0 aliphatic heterocycles. The first-order valence-electron chi connectivity index (χ1n) is 8.57. The van der Waals surface area contributed by atoms with Gasteiger partial charge >= 0.3 is 0 Å². The normalized spacial score (nSPS) is 11.3. The maximum absolute atomic E-state index is 12.4. The Morgan fingerprint density at radius 3 is 2.74 bits per heavy atom. The maximum atomic E-state index is 12.4. The molecule has 0 bridgehead atoms. The van der Waals surface area contributed by atoms with Gasteiger partial charge in [-0.25, -0.2) is 9.67 Å². The number of amides is 1. The summed E-state index contributed by atoms with van der Waals surface area (Å²) < 4.78 is 2.92. The van der Waals surface area contributed by atoms with Crippen molar-refractivity contribution >= 4 is 33.5 Å². The molecule has 0 spiro atoms. The Kier molecular flexibility index (Phi) is 4.80. The first kappa shape index (κ1) is 17.2. The van der Waals surface area contributed by atoms with Crippen LogP contribution in [-0.4, -0.2) is 32.6 Å². The summed E-state index contributed by atoms with van der Waals surface area (Å²) in [6.45, 7) is 0.492. The number of hydrogen-bond acceptors (Lipinski definition) is 4. The molecule has 2 heterocycles. The molecule has 0 aliphatic rings. The molecule has 4 aromatic rings. The van der Waals surface area contributed by atoms with Crippen molar-refractivity contribution in [3.05, 3.63) is 83.6 Å². The van der Waals surface area contributed by atoms with Gasteiger partial charge in [0.15, 0.2) is 0 Å². The van der Waals surface area contributed by atoms with Gasteiger partial charge in [0.2, 0.25) is 5.91 Å². The van der Waals surface area contributed by atoms with E-state index in [9.17, 15) is 4.79 Å². The number of para-hydroxylation sites is 2. The van der Waals surface area contributed by atoms with Gasteiger partial charge in [-0.3, -0.25) is 4.79 Å². The summed E-state index contributed by atoms with van der Waals surface area (Å²) in [7, 11) is 1.78. The minimum atomic E-state index is -0.0679. The van der Waals surface area contributed by atoms with E-state index in [1.54, 1.807) is 46.3 Å². The summed E-state index contributed by atoms with van der Waals surface area (Å²) in [6.07, 6.45) is 6.99. The van der Waals surface area contributed by atoms with Crippen molar-refractivity contribution in [1.29, 1.82) is 0 Å². The lowest BCUT2D eigenvalue weighted by molar-refractivity contribution is -0.125. The number of carbonyl (C=O) groups is 1. The molecule has 2 aromatic carbocycles. The van der Waals surface area contributed by atoms with Gasteiger partial charge in [0.1, 0.15) is 5.01 Å². The number of nitrogens with zero attached hydrogens (tertiary/aromatic N) is 4. The van der Waals surface area contributed by atoms with E-state index in [1.165, 1.54) is 0 Å². The lowest BCUT2D eigenvalue weighted by Gasteiger charge is -2.12. The molecule has 5 nitrogen and oxygen atoms in total. The Morgan fingerprint density at radius 2 is 1.93 bits per heavy atom. The number of hydrogen-bond donors (Lipinski definition) is 0. The largest absolute Gasteiger partial charge is 0.335 e. The third kappa shape index (κ3) is 3.96. The maximum Gasteiger partial charge on any atom is 0.246 e. The van der Waals surface area contributed by atoms with E-state index in [1.807, 2.05) is 60.8 Å².